The summed E-state index contributed by atoms with van der Waals surface area (Å²) in [5, 5.41) is 0. The molecule has 3 aliphatic carbocycles. The summed E-state index contributed by atoms with van der Waals surface area (Å²) in [7, 11) is 0. The van der Waals surface area contributed by atoms with Crippen LogP contribution in [0.1, 0.15) is 52.1 Å². The van der Waals surface area contributed by atoms with Crippen molar-refractivity contribution in [1.29, 1.82) is 0 Å². The molecule has 4 aliphatic rings. The normalized spacial score (nSPS) is 25.9. The molecule has 30 heavy (non-hydrogen) atoms. The molecule has 0 unspecified atom stereocenters. The highest BCUT2D eigenvalue weighted by Crippen LogP contribution is 2.61. The number of benzene rings is 3. The highest BCUT2D eigenvalue weighted by Gasteiger charge is 2.61. The van der Waals surface area contributed by atoms with E-state index in [1.165, 1.54) is 32.7 Å². The van der Waals surface area contributed by atoms with Gasteiger partial charge in [0.2, 0.25) is 11.8 Å². The molecule has 3 aromatic rings. The number of hydrogen-bond donors (Lipinski definition) is 0. The minimum absolute atomic E-state index is 0.0501. The maximum absolute atomic E-state index is 13.7. The van der Waals surface area contributed by atoms with E-state index in [1.807, 2.05) is 37.3 Å². The molecule has 1 heterocycles. The van der Waals surface area contributed by atoms with Crippen LogP contribution in [0.3, 0.4) is 0 Å². The Morgan fingerprint density at radius 2 is 1.30 bits per heavy atom. The number of carbonyl (C=O) groups excluding carboxylic acids is 2. The van der Waals surface area contributed by atoms with Crippen molar-refractivity contribution in [2.45, 2.75) is 32.1 Å². The van der Waals surface area contributed by atoms with Crippen molar-refractivity contribution in [2.24, 2.45) is 11.8 Å². The second kappa shape index (κ2) is 6.15. The summed E-state index contributed by atoms with van der Waals surface area (Å²) < 4.78 is 0. The summed E-state index contributed by atoms with van der Waals surface area (Å²) in [5.74, 6) is -0.847. The van der Waals surface area contributed by atoms with Gasteiger partial charge in [-0.1, -0.05) is 67.1 Å². The van der Waals surface area contributed by atoms with Crippen LogP contribution in [0.2, 0.25) is 0 Å². The third kappa shape index (κ3) is 2.15. The smallest absolute Gasteiger partial charge is 0.238 e. The lowest BCUT2D eigenvalue weighted by atomic mass is 9.55. The van der Waals surface area contributed by atoms with E-state index in [2.05, 4.69) is 43.3 Å². The Kier molecular flexibility index (Phi) is 3.62. The Morgan fingerprint density at radius 3 is 1.90 bits per heavy atom. The third-order valence-electron chi connectivity index (χ3n) is 7.30. The lowest BCUT2D eigenvalue weighted by Crippen LogP contribution is -2.41. The van der Waals surface area contributed by atoms with Crippen molar-refractivity contribution in [2.75, 3.05) is 4.90 Å². The van der Waals surface area contributed by atoms with Gasteiger partial charge in [0.05, 0.1) is 17.5 Å². The Morgan fingerprint density at radius 1 is 0.733 bits per heavy atom. The average Bonchev–Trinajstić information content (AvgIpc) is 3.05. The third-order valence-corrected chi connectivity index (χ3v) is 7.30. The second-order valence-corrected chi connectivity index (χ2v) is 8.80. The minimum atomic E-state index is -0.321. The first kappa shape index (κ1) is 17.6. The quantitative estimate of drug-likeness (QED) is 0.578. The maximum atomic E-state index is 13.7. The first-order valence-electron chi connectivity index (χ1n) is 10.8. The van der Waals surface area contributed by atoms with Gasteiger partial charge in [-0.05, 0) is 53.3 Å². The summed E-state index contributed by atoms with van der Waals surface area (Å²) in [6, 6.07) is 22.7. The molecule has 2 amide bonds. The van der Waals surface area contributed by atoms with Crippen molar-refractivity contribution < 1.29 is 9.59 Å². The fraction of sp³-hybridized carbons (Fsp3) is 0.259. The molecule has 1 aliphatic heterocycles. The Balaban J connectivity index is 1.56. The molecule has 148 valence electrons. The molecule has 1 fully saturated rings. The van der Waals surface area contributed by atoms with E-state index in [4.69, 9.17) is 0 Å². The maximum Gasteiger partial charge on any atom is 0.238 e. The Hall–Kier alpha value is -3.20. The van der Waals surface area contributed by atoms with Crippen LogP contribution in [0.25, 0.3) is 0 Å². The van der Waals surface area contributed by atoms with Crippen LogP contribution in [0.4, 0.5) is 5.69 Å². The largest absolute Gasteiger partial charge is 0.274 e. The number of carbonyl (C=O) groups is 2. The summed E-state index contributed by atoms with van der Waals surface area (Å²) >= 11 is 0. The van der Waals surface area contributed by atoms with Crippen LogP contribution in [0.5, 0.6) is 0 Å². The summed E-state index contributed by atoms with van der Waals surface area (Å²) in [6.45, 7) is 4.17. The topological polar surface area (TPSA) is 37.4 Å². The fourth-order valence-electron chi connectivity index (χ4n) is 5.95. The average molecular weight is 393 g/mol. The van der Waals surface area contributed by atoms with Gasteiger partial charge in [0.1, 0.15) is 0 Å². The molecule has 0 radical (unpaired) electrons. The zero-order chi connectivity index (χ0) is 20.6. The second-order valence-electron chi connectivity index (χ2n) is 8.80. The van der Waals surface area contributed by atoms with E-state index in [0.717, 1.165) is 12.0 Å². The number of anilines is 1. The monoisotopic (exact) mass is 393 g/mol. The molecule has 3 nitrogen and oxygen atoms in total. The van der Waals surface area contributed by atoms with Crippen LogP contribution in [-0.2, 0) is 16.0 Å². The Labute approximate surface area is 176 Å². The van der Waals surface area contributed by atoms with Crippen LogP contribution in [-0.4, -0.2) is 11.8 Å². The number of aryl methyl sites for hydroxylation is 2. The number of nitrogens with zero attached hydrogens (tertiary/aromatic N) is 1. The molecular formula is C27H23NO2. The zero-order valence-corrected chi connectivity index (χ0v) is 17.1. The van der Waals surface area contributed by atoms with Crippen molar-refractivity contribution in [3.05, 3.63) is 100 Å². The molecule has 0 aromatic heterocycles. The van der Waals surface area contributed by atoms with E-state index in [9.17, 15) is 9.59 Å². The standard InChI is InChI=1S/C27H23NO2/c1-3-16-10-13-20-21(14-16)23-19-7-5-4-6-18(19)22(20)24-25(23)27(30)28(26(24)29)17-11-8-15(2)9-12-17/h4-14,22-25H,3H2,1-2H3/t22-,23-,24+,25-/m1/s1. The molecule has 2 bridgehead atoms. The lowest BCUT2D eigenvalue weighted by Gasteiger charge is -2.46. The SMILES string of the molecule is CCc1ccc2c(c1)[C@H]1c3ccccc3[C@H]2[C@@H]2C(=O)N(c3ccc(C)cc3)C(=O)[C@H]12. The van der Waals surface area contributed by atoms with Gasteiger partial charge < -0.3 is 0 Å². The molecule has 3 heteroatoms. The van der Waals surface area contributed by atoms with Gasteiger partial charge in [0.15, 0.2) is 0 Å². The molecule has 4 atom stereocenters. The van der Waals surface area contributed by atoms with Crippen LogP contribution in [0.15, 0.2) is 66.7 Å². The Bertz CT molecular complexity index is 1210. The number of amides is 2. The van der Waals surface area contributed by atoms with Crippen molar-refractivity contribution in [3.8, 4) is 0 Å². The minimum Gasteiger partial charge on any atom is -0.274 e. The number of hydrogen-bond acceptors (Lipinski definition) is 2. The molecule has 0 saturated carbocycles. The molecular weight excluding hydrogens is 370 g/mol. The highest BCUT2D eigenvalue weighted by molar-refractivity contribution is 6.23. The van der Waals surface area contributed by atoms with Gasteiger partial charge in [0, 0.05) is 11.8 Å². The van der Waals surface area contributed by atoms with Gasteiger partial charge in [-0.3, -0.25) is 9.59 Å². The van der Waals surface area contributed by atoms with E-state index < -0.39 is 0 Å². The van der Waals surface area contributed by atoms with Crippen LogP contribution < -0.4 is 4.90 Å². The summed E-state index contributed by atoms with van der Waals surface area (Å²) in [5.41, 5.74) is 7.98. The van der Waals surface area contributed by atoms with Crippen molar-refractivity contribution in [1.82, 2.24) is 0 Å². The highest BCUT2D eigenvalue weighted by atomic mass is 16.2. The molecule has 7 rings (SSSR count). The van der Waals surface area contributed by atoms with Gasteiger partial charge in [-0.25, -0.2) is 4.90 Å². The predicted octanol–water partition coefficient (Wildman–Crippen LogP) is 4.95. The number of imide groups is 1. The van der Waals surface area contributed by atoms with E-state index in [-0.39, 0.29) is 35.5 Å². The van der Waals surface area contributed by atoms with Gasteiger partial charge >= 0.3 is 0 Å². The molecule has 3 aromatic carbocycles. The molecule has 0 N–H and O–H groups in total. The van der Waals surface area contributed by atoms with E-state index in [0.29, 0.717) is 5.69 Å². The lowest BCUT2D eigenvalue weighted by molar-refractivity contribution is -0.122. The fourth-order valence-corrected chi connectivity index (χ4v) is 5.95. The number of rotatable bonds is 2. The van der Waals surface area contributed by atoms with Gasteiger partial charge in [-0.15, -0.1) is 0 Å². The zero-order valence-electron chi connectivity index (χ0n) is 17.1. The first-order chi connectivity index (χ1) is 14.6. The van der Waals surface area contributed by atoms with Crippen molar-refractivity contribution in [3.63, 3.8) is 0 Å². The van der Waals surface area contributed by atoms with Crippen LogP contribution >= 0.6 is 0 Å². The summed E-state index contributed by atoms with van der Waals surface area (Å²) in [6.07, 6.45) is 0.961. The molecule has 0 spiro atoms. The predicted molar refractivity (Wildman–Crippen MR) is 117 cm³/mol. The van der Waals surface area contributed by atoms with E-state index >= 15 is 0 Å². The summed E-state index contributed by atoms with van der Waals surface area (Å²) in [4.78, 5) is 28.8. The van der Waals surface area contributed by atoms with E-state index in [1.54, 1.807) is 0 Å². The van der Waals surface area contributed by atoms with Gasteiger partial charge in [-0.2, -0.15) is 0 Å². The molecule has 1 saturated heterocycles. The van der Waals surface area contributed by atoms with Crippen molar-refractivity contribution >= 4 is 17.5 Å². The van der Waals surface area contributed by atoms with Crippen LogP contribution in [0, 0.1) is 18.8 Å². The van der Waals surface area contributed by atoms with Gasteiger partial charge in [0.25, 0.3) is 0 Å². The first-order valence-corrected chi connectivity index (χ1v) is 10.8.